The smallest absolute Gasteiger partial charge is 0.220 e. The summed E-state index contributed by atoms with van der Waals surface area (Å²) in [5.41, 5.74) is 2.07. The second kappa shape index (κ2) is 5.66. The fraction of sp³-hybridized carbons (Fsp3) is 0.538. The Morgan fingerprint density at radius 1 is 1.53 bits per heavy atom. The van der Waals surface area contributed by atoms with E-state index >= 15 is 0 Å². The zero-order chi connectivity index (χ0) is 12.1. The molecular weight excluding hydrogens is 214 g/mol. The molecule has 1 amide bonds. The molecule has 4 heteroatoms. The van der Waals surface area contributed by atoms with Gasteiger partial charge < -0.3 is 10.6 Å². The molecule has 2 N–H and O–H groups in total. The number of rotatable bonds is 6. The van der Waals surface area contributed by atoms with Gasteiger partial charge in [0.1, 0.15) is 0 Å². The summed E-state index contributed by atoms with van der Waals surface area (Å²) in [7, 11) is 0. The Kier molecular flexibility index (Phi) is 3.96. The van der Waals surface area contributed by atoms with Crippen LogP contribution in [0.5, 0.6) is 0 Å². The summed E-state index contributed by atoms with van der Waals surface area (Å²) in [5.74, 6) is 0.181. The minimum Gasteiger partial charge on any atom is -0.385 e. The van der Waals surface area contributed by atoms with E-state index in [1.54, 1.807) is 6.20 Å². The summed E-state index contributed by atoms with van der Waals surface area (Å²) in [5, 5.41) is 6.27. The average molecular weight is 233 g/mol. The normalized spacial score (nSPS) is 14.4. The lowest BCUT2D eigenvalue weighted by molar-refractivity contribution is -0.121. The molecule has 4 nitrogen and oxygen atoms in total. The summed E-state index contributed by atoms with van der Waals surface area (Å²) < 4.78 is 0. The molecular formula is C13H19N3O. The van der Waals surface area contributed by atoms with Gasteiger partial charge in [0.25, 0.3) is 0 Å². The van der Waals surface area contributed by atoms with Gasteiger partial charge in [-0.15, -0.1) is 0 Å². The quantitative estimate of drug-likeness (QED) is 0.737. The van der Waals surface area contributed by atoms with E-state index in [2.05, 4.69) is 15.6 Å². The van der Waals surface area contributed by atoms with Gasteiger partial charge in [0.15, 0.2) is 0 Å². The van der Waals surface area contributed by atoms with E-state index < -0.39 is 0 Å². The molecule has 0 bridgehead atoms. The van der Waals surface area contributed by atoms with Crippen molar-refractivity contribution in [3.8, 4) is 0 Å². The van der Waals surface area contributed by atoms with Crippen molar-refractivity contribution in [2.75, 3.05) is 11.9 Å². The van der Waals surface area contributed by atoms with Crippen molar-refractivity contribution < 1.29 is 4.79 Å². The van der Waals surface area contributed by atoms with Crippen molar-refractivity contribution in [1.29, 1.82) is 0 Å². The van der Waals surface area contributed by atoms with Gasteiger partial charge in [0.05, 0.1) is 0 Å². The van der Waals surface area contributed by atoms with Gasteiger partial charge in [-0.25, -0.2) is 0 Å². The van der Waals surface area contributed by atoms with Crippen molar-refractivity contribution in [2.24, 2.45) is 0 Å². The summed E-state index contributed by atoms with van der Waals surface area (Å²) >= 11 is 0. The van der Waals surface area contributed by atoms with Crippen LogP contribution in [0.4, 0.5) is 5.69 Å². The lowest BCUT2D eigenvalue weighted by Crippen LogP contribution is -2.25. The first-order valence-electron chi connectivity index (χ1n) is 6.20. The molecule has 2 rings (SSSR count). The molecule has 1 aromatic heterocycles. The highest BCUT2D eigenvalue weighted by Gasteiger charge is 2.22. The molecule has 1 fully saturated rings. The van der Waals surface area contributed by atoms with Crippen LogP contribution in [0, 0.1) is 6.92 Å². The predicted octanol–water partition coefficient (Wildman–Crippen LogP) is 1.86. The zero-order valence-electron chi connectivity index (χ0n) is 10.2. The first-order valence-corrected chi connectivity index (χ1v) is 6.20. The molecule has 1 aliphatic carbocycles. The molecule has 1 aromatic rings. The van der Waals surface area contributed by atoms with Crippen LogP contribution in [0.1, 0.15) is 31.4 Å². The fourth-order valence-corrected chi connectivity index (χ4v) is 1.66. The third kappa shape index (κ3) is 4.43. The number of aromatic nitrogens is 1. The second-order valence-electron chi connectivity index (χ2n) is 4.56. The molecule has 17 heavy (non-hydrogen) atoms. The highest BCUT2D eigenvalue weighted by atomic mass is 16.1. The van der Waals surface area contributed by atoms with Gasteiger partial charge in [-0.1, -0.05) is 0 Å². The number of carbonyl (C=O) groups is 1. The molecule has 0 unspecified atom stereocenters. The summed E-state index contributed by atoms with van der Waals surface area (Å²) in [6.45, 7) is 2.79. The number of aryl methyl sites for hydroxylation is 1. The van der Waals surface area contributed by atoms with Gasteiger partial charge in [0, 0.05) is 36.6 Å². The van der Waals surface area contributed by atoms with Gasteiger partial charge in [-0.3, -0.25) is 9.78 Å². The lowest BCUT2D eigenvalue weighted by Gasteiger charge is -2.07. The highest BCUT2D eigenvalue weighted by Crippen LogP contribution is 2.18. The van der Waals surface area contributed by atoms with Crippen LogP contribution in [-0.4, -0.2) is 23.5 Å². The maximum absolute atomic E-state index is 11.4. The zero-order valence-corrected chi connectivity index (χ0v) is 10.2. The standard InChI is InChI=1S/C13H19N3O/c1-10-9-12(6-8-14-10)15-7-2-3-13(17)16-11-4-5-11/h6,8-9,11H,2-5,7H2,1H3,(H,14,15)(H,16,17). The van der Waals surface area contributed by atoms with Gasteiger partial charge in [-0.2, -0.15) is 0 Å². The summed E-state index contributed by atoms with van der Waals surface area (Å²) in [4.78, 5) is 15.5. The Morgan fingerprint density at radius 2 is 2.35 bits per heavy atom. The van der Waals surface area contributed by atoms with E-state index in [0.29, 0.717) is 12.5 Å². The van der Waals surface area contributed by atoms with E-state index in [9.17, 15) is 4.79 Å². The largest absolute Gasteiger partial charge is 0.385 e. The molecule has 0 spiro atoms. The van der Waals surface area contributed by atoms with Crippen LogP contribution < -0.4 is 10.6 Å². The van der Waals surface area contributed by atoms with Gasteiger partial charge >= 0.3 is 0 Å². The molecule has 1 heterocycles. The van der Waals surface area contributed by atoms with Gasteiger partial charge in [-0.05, 0) is 38.3 Å². The first kappa shape index (κ1) is 11.9. The Balaban J connectivity index is 1.60. The topological polar surface area (TPSA) is 54.0 Å². The Bertz CT molecular complexity index is 388. The highest BCUT2D eigenvalue weighted by molar-refractivity contribution is 5.76. The maximum atomic E-state index is 11.4. The van der Waals surface area contributed by atoms with E-state index in [1.807, 2.05) is 19.1 Å². The third-order valence-electron chi connectivity index (χ3n) is 2.75. The number of nitrogens with zero attached hydrogens (tertiary/aromatic N) is 1. The van der Waals surface area contributed by atoms with Crippen LogP contribution >= 0.6 is 0 Å². The third-order valence-corrected chi connectivity index (χ3v) is 2.75. The monoisotopic (exact) mass is 233 g/mol. The van der Waals surface area contributed by atoms with Crippen molar-refractivity contribution in [3.05, 3.63) is 24.0 Å². The lowest BCUT2D eigenvalue weighted by atomic mass is 10.2. The Morgan fingerprint density at radius 3 is 3.06 bits per heavy atom. The van der Waals surface area contributed by atoms with Crippen LogP contribution in [-0.2, 0) is 4.79 Å². The molecule has 1 aliphatic rings. The average Bonchev–Trinajstić information content (AvgIpc) is 3.08. The van der Waals surface area contributed by atoms with Crippen molar-refractivity contribution >= 4 is 11.6 Å². The first-order chi connectivity index (χ1) is 8.24. The van der Waals surface area contributed by atoms with Crippen LogP contribution in [0.25, 0.3) is 0 Å². The Hall–Kier alpha value is -1.58. The second-order valence-corrected chi connectivity index (χ2v) is 4.56. The van der Waals surface area contributed by atoms with Crippen LogP contribution in [0.2, 0.25) is 0 Å². The molecule has 1 saturated carbocycles. The molecule has 0 saturated heterocycles. The number of amides is 1. The van der Waals surface area contributed by atoms with Crippen molar-refractivity contribution in [2.45, 2.75) is 38.6 Å². The van der Waals surface area contributed by atoms with Crippen molar-refractivity contribution in [3.63, 3.8) is 0 Å². The summed E-state index contributed by atoms with van der Waals surface area (Å²) in [6.07, 6.45) is 5.56. The Labute approximate surface area is 102 Å². The van der Waals surface area contributed by atoms with E-state index in [0.717, 1.165) is 37.2 Å². The van der Waals surface area contributed by atoms with Crippen LogP contribution in [0.15, 0.2) is 18.3 Å². The number of anilines is 1. The van der Waals surface area contributed by atoms with Crippen LogP contribution in [0.3, 0.4) is 0 Å². The molecule has 0 atom stereocenters. The predicted molar refractivity (Wildman–Crippen MR) is 67.9 cm³/mol. The number of carbonyl (C=O) groups excluding carboxylic acids is 1. The minimum absolute atomic E-state index is 0.181. The number of hydrogen-bond acceptors (Lipinski definition) is 3. The molecule has 92 valence electrons. The van der Waals surface area contributed by atoms with Gasteiger partial charge in [0.2, 0.25) is 5.91 Å². The van der Waals surface area contributed by atoms with E-state index in [4.69, 9.17) is 0 Å². The maximum Gasteiger partial charge on any atom is 0.220 e. The minimum atomic E-state index is 0.181. The fourth-order valence-electron chi connectivity index (χ4n) is 1.66. The molecule has 0 radical (unpaired) electrons. The van der Waals surface area contributed by atoms with E-state index in [-0.39, 0.29) is 5.91 Å². The number of hydrogen-bond donors (Lipinski definition) is 2. The SMILES string of the molecule is Cc1cc(NCCCC(=O)NC2CC2)ccn1. The molecule has 0 aliphatic heterocycles. The molecule has 0 aromatic carbocycles. The number of pyridine rings is 1. The summed E-state index contributed by atoms with van der Waals surface area (Å²) in [6, 6.07) is 4.42. The number of nitrogens with one attached hydrogen (secondary N) is 2. The van der Waals surface area contributed by atoms with E-state index in [1.165, 1.54) is 0 Å². The van der Waals surface area contributed by atoms with Crippen molar-refractivity contribution in [1.82, 2.24) is 10.3 Å².